The van der Waals surface area contributed by atoms with Crippen LogP contribution in [0.4, 0.5) is 5.69 Å². The molecule has 0 aliphatic carbocycles. The number of nitrogens with two attached hydrogens (primary N) is 1. The molecular weight excluding hydrogens is 626 g/mol. The molecule has 9 heteroatoms. The number of likely N-dealkylation sites (tertiary alicyclic amines) is 1. The molecule has 1 atom stereocenters. The van der Waals surface area contributed by atoms with Crippen molar-refractivity contribution >= 4 is 51.5 Å². The lowest BCUT2D eigenvalue weighted by Gasteiger charge is -2.32. The molecule has 1 unspecified atom stereocenters. The smallest absolute Gasteiger partial charge is 0.249 e. The molecule has 2 saturated heterocycles. The highest BCUT2D eigenvalue weighted by Crippen LogP contribution is 2.38. The summed E-state index contributed by atoms with van der Waals surface area (Å²) >= 11 is 1.74. The summed E-state index contributed by atoms with van der Waals surface area (Å²) in [5.74, 6) is 0.105. The van der Waals surface area contributed by atoms with Gasteiger partial charge in [0.2, 0.25) is 11.8 Å². The van der Waals surface area contributed by atoms with Crippen LogP contribution in [0.3, 0.4) is 0 Å². The fourth-order valence-electron chi connectivity index (χ4n) is 6.77. The van der Waals surface area contributed by atoms with E-state index in [1.807, 2.05) is 6.20 Å². The fourth-order valence-corrected chi connectivity index (χ4v) is 7.80. The predicted octanol–water partition coefficient (Wildman–Crippen LogP) is 7.42. The Balaban J connectivity index is 0.00000386. The summed E-state index contributed by atoms with van der Waals surface area (Å²) in [6, 6.07) is 28.1. The van der Waals surface area contributed by atoms with Crippen molar-refractivity contribution in [2.24, 2.45) is 5.73 Å². The van der Waals surface area contributed by atoms with E-state index in [0.717, 1.165) is 43.0 Å². The van der Waals surface area contributed by atoms with E-state index in [2.05, 4.69) is 106 Å². The molecule has 2 aliphatic rings. The van der Waals surface area contributed by atoms with E-state index in [1.54, 1.807) is 11.3 Å². The molecule has 242 valence electrons. The zero-order valence-electron chi connectivity index (χ0n) is 26.5. The predicted molar refractivity (Wildman–Crippen MR) is 194 cm³/mol. The molecular formula is C38H40ClN5O2S. The zero-order chi connectivity index (χ0) is 31.6. The number of amides is 2. The highest BCUT2D eigenvalue weighted by atomic mass is 35.5. The minimum atomic E-state index is -0.356. The number of aromatic nitrogens is 1. The molecule has 0 radical (unpaired) electrons. The molecule has 7 rings (SSSR count). The van der Waals surface area contributed by atoms with Crippen LogP contribution in [0.25, 0.3) is 31.8 Å². The number of nitrogens with one attached hydrogen (secondary N) is 2. The number of aryl methyl sites for hydroxylation is 1. The van der Waals surface area contributed by atoms with Crippen LogP contribution in [-0.4, -0.2) is 40.8 Å². The Hall–Kier alpha value is -4.08. The Bertz CT molecular complexity index is 1880. The van der Waals surface area contributed by atoms with E-state index >= 15 is 0 Å². The van der Waals surface area contributed by atoms with Gasteiger partial charge >= 0.3 is 0 Å². The topological polar surface area (TPSA) is 100 Å². The van der Waals surface area contributed by atoms with E-state index in [1.165, 1.54) is 49.2 Å². The van der Waals surface area contributed by atoms with E-state index in [4.69, 9.17) is 5.73 Å². The van der Waals surface area contributed by atoms with Crippen molar-refractivity contribution in [3.63, 3.8) is 0 Å². The third-order valence-corrected chi connectivity index (χ3v) is 10.6. The molecule has 5 aromatic rings. The van der Waals surface area contributed by atoms with Gasteiger partial charge in [0.1, 0.15) is 10.9 Å². The van der Waals surface area contributed by atoms with Crippen molar-refractivity contribution in [2.45, 2.75) is 57.7 Å². The normalized spacial score (nSPS) is 17.4. The maximum absolute atomic E-state index is 12.1. The van der Waals surface area contributed by atoms with Crippen LogP contribution < -0.4 is 16.4 Å². The van der Waals surface area contributed by atoms with Crippen molar-refractivity contribution in [2.75, 3.05) is 18.4 Å². The quantitative estimate of drug-likeness (QED) is 0.149. The molecule has 3 aromatic carbocycles. The first-order valence-electron chi connectivity index (χ1n) is 16.1. The lowest BCUT2D eigenvalue weighted by molar-refractivity contribution is -0.133. The van der Waals surface area contributed by atoms with Crippen LogP contribution in [0.2, 0.25) is 0 Å². The van der Waals surface area contributed by atoms with Crippen LogP contribution in [0, 0.1) is 6.92 Å². The second-order valence-corrected chi connectivity index (χ2v) is 13.6. The Morgan fingerprint density at radius 2 is 1.68 bits per heavy atom. The van der Waals surface area contributed by atoms with Gasteiger partial charge in [-0.3, -0.25) is 19.8 Å². The zero-order valence-corrected chi connectivity index (χ0v) is 28.1. The molecule has 2 aromatic heterocycles. The lowest BCUT2D eigenvalue weighted by atomic mass is 9.89. The van der Waals surface area contributed by atoms with Gasteiger partial charge in [0.25, 0.3) is 0 Å². The number of fused-ring (bicyclic) bond motifs is 1. The van der Waals surface area contributed by atoms with Gasteiger partial charge in [-0.15, -0.1) is 23.7 Å². The summed E-state index contributed by atoms with van der Waals surface area (Å²) in [6.45, 7) is 5.77. The van der Waals surface area contributed by atoms with Crippen LogP contribution in [-0.2, 0) is 22.7 Å². The molecule has 4 N–H and O–H groups in total. The molecule has 2 aliphatic heterocycles. The number of anilines is 1. The number of benzene rings is 3. The van der Waals surface area contributed by atoms with Crippen LogP contribution in [0.15, 0.2) is 85.1 Å². The van der Waals surface area contributed by atoms with Crippen LogP contribution in [0.5, 0.6) is 0 Å². The first kappa shape index (κ1) is 32.8. The van der Waals surface area contributed by atoms with Gasteiger partial charge in [-0.2, -0.15) is 0 Å². The highest BCUT2D eigenvalue weighted by Gasteiger charge is 2.26. The number of hydrogen-bond donors (Lipinski definition) is 3. The summed E-state index contributed by atoms with van der Waals surface area (Å²) in [7, 11) is 0. The molecule has 47 heavy (non-hydrogen) atoms. The highest BCUT2D eigenvalue weighted by molar-refractivity contribution is 7.21. The molecule has 0 spiro atoms. The number of piperidine rings is 2. The Morgan fingerprint density at radius 1 is 0.936 bits per heavy atom. The maximum Gasteiger partial charge on any atom is 0.249 e. The van der Waals surface area contributed by atoms with Gasteiger partial charge in [-0.25, -0.2) is 4.98 Å². The summed E-state index contributed by atoms with van der Waals surface area (Å²) in [5.41, 5.74) is 15.5. The monoisotopic (exact) mass is 665 g/mol. The van der Waals surface area contributed by atoms with E-state index in [-0.39, 0.29) is 30.3 Å². The van der Waals surface area contributed by atoms with Crippen molar-refractivity contribution < 1.29 is 9.59 Å². The summed E-state index contributed by atoms with van der Waals surface area (Å²) in [4.78, 5) is 33.0. The van der Waals surface area contributed by atoms with Crippen molar-refractivity contribution in [1.29, 1.82) is 0 Å². The van der Waals surface area contributed by atoms with Crippen LogP contribution >= 0.6 is 23.7 Å². The Morgan fingerprint density at radius 3 is 2.38 bits per heavy atom. The third-order valence-electron chi connectivity index (χ3n) is 9.50. The standard InChI is InChI=1S/C38H39N5O2S.ClH/c1-24-20-29(6-7-30(24)22-39)32-14-17-40-38-33(32)21-35(46-38)28-4-2-25(3-5-28)23-43-18-15-27(16-19-43)26-8-10-31(11-9-26)41-34-12-13-36(44)42-37(34)45;/h2-11,14,17,20-21,27,34,41H,12-13,15-16,18-19,22-23,39H2,1H3,(H,42,44,45);1H. The minimum absolute atomic E-state index is 0. The van der Waals surface area contributed by atoms with Gasteiger partial charge in [0, 0.05) is 41.7 Å². The third kappa shape index (κ3) is 7.26. The van der Waals surface area contributed by atoms with Gasteiger partial charge in [-0.05, 0) is 108 Å². The number of nitrogens with zero attached hydrogens (tertiary/aromatic N) is 2. The van der Waals surface area contributed by atoms with Crippen molar-refractivity contribution in [3.05, 3.63) is 107 Å². The van der Waals surface area contributed by atoms with Gasteiger partial charge < -0.3 is 11.1 Å². The lowest BCUT2D eigenvalue weighted by Crippen LogP contribution is -2.47. The molecule has 2 amide bonds. The van der Waals surface area contributed by atoms with Crippen molar-refractivity contribution in [1.82, 2.24) is 15.2 Å². The largest absolute Gasteiger partial charge is 0.374 e. The average Bonchev–Trinajstić information content (AvgIpc) is 3.52. The molecule has 0 saturated carbocycles. The van der Waals surface area contributed by atoms with Gasteiger partial charge in [0.05, 0.1) is 0 Å². The SMILES string of the molecule is Cc1cc(-c2ccnc3sc(-c4ccc(CN5CCC(c6ccc(NC7CCC(=O)NC7=O)cc6)CC5)cc4)cc23)ccc1CN.Cl. The molecule has 7 nitrogen and oxygen atoms in total. The molecule has 2 fully saturated rings. The van der Waals surface area contributed by atoms with Gasteiger partial charge in [0.15, 0.2) is 0 Å². The average molecular weight is 666 g/mol. The Kier molecular flexibility index (Phi) is 10.0. The first-order chi connectivity index (χ1) is 22.4. The van der Waals surface area contributed by atoms with E-state index in [9.17, 15) is 9.59 Å². The maximum atomic E-state index is 12.1. The van der Waals surface area contributed by atoms with E-state index in [0.29, 0.717) is 25.3 Å². The number of carbonyl (C=O) groups excluding carboxylic acids is 2. The van der Waals surface area contributed by atoms with Crippen LogP contribution in [0.1, 0.15) is 53.9 Å². The summed E-state index contributed by atoms with van der Waals surface area (Å²) < 4.78 is 0. The number of thiophene rings is 1. The molecule has 4 heterocycles. The van der Waals surface area contributed by atoms with Crippen molar-refractivity contribution in [3.8, 4) is 21.6 Å². The first-order valence-corrected chi connectivity index (χ1v) is 17.0. The second kappa shape index (κ2) is 14.4. The minimum Gasteiger partial charge on any atom is -0.374 e. The number of halogens is 1. The number of pyridine rings is 1. The fraction of sp³-hybridized carbons (Fsp3) is 0.289. The van der Waals surface area contributed by atoms with E-state index < -0.39 is 0 Å². The summed E-state index contributed by atoms with van der Waals surface area (Å²) in [5, 5.41) is 6.87. The second-order valence-electron chi connectivity index (χ2n) is 12.6. The Labute approximate surface area is 286 Å². The number of imide groups is 1. The molecule has 0 bridgehead atoms. The summed E-state index contributed by atoms with van der Waals surface area (Å²) in [6.07, 6.45) is 5.07. The number of carbonyl (C=O) groups is 2. The number of rotatable bonds is 8. The van der Waals surface area contributed by atoms with Gasteiger partial charge in [-0.1, -0.05) is 54.6 Å². The number of hydrogen-bond acceptors (Lipinski definition) is 7.